The molecule has 0 unspecified atom stereocenters. The Morgan fingerprint density at radius 3 is 2.38 bits per heavy atom. The van der Waals surface area contributed by atoms with Crippen molar-refractivity contribution in [2.75, 3.05) is 5.32 Å². The molecule has 0 saturated heterocycles. The number of hydrogen-bond donors (Lipinski definition) is 1. The van der Waals surface area contributed by atoms with Crippen LogP contribution in [-0.4, -0.2) is 10.9 Å². The van der Waals surface area contributed by atoms with E-state index in [4.69, 9.17) is 46.4 Å². The van der Waals surface area contributed by atoms with E-state index < -0.39 is 0 Å². The lowest BCUT2D eigenvalue weighted by Crippen LogP contribution is -2.13. The molecule has 0 spiro atoms. The van der Waals surface area contributed by atoms with Gasteiger partial charge in [0, 0.05) is 10.9 Å². The summed E-state index contributed by atoms with van der Waals surface area (Å²) in [6, 6.07) is 19.4. The fraction of sp³-hybridized carbons (Fsp3) is 0. The fourth-order valence-corrected chi connectivity index (χ4v) is 3.60. The van der Waals surface area contributed by atoms with E-state index >= 15 is 0 Å². The van der Waals surface area contributed by atoms with Gasteiger partial charge in [0.1, 0.15) is 0 Å². The number of pyridine rings is 1. The van der Waals surface area contributed by atoms with Gasteiger partial charge in [-0.2, -0.15) is 0 Å². The minimum atomic E-state index is -0.325. The van der Waals surface area contributed by atoms with Gasteiger partial charge in [-0.1, -0.05) is 76.7 Å². The van der Waals surface area contributed by atoms with Crippen LogP contribution in [0.25, 0.3) is 22.2 Å². The molecule has 0 aliphatic rings. The molecule has 3 aromatic carbocycles. The molecule has 0 aliphatic carbocycles. The molecule has 1 N–H and O–H groups in total. The minimum Gasteiger partial charge on any atom is -0.321 e. The normalized spacial score (nSPS) is 10.9. The van der Waals surface area contributed by atoms with Crippen molar-refractivity contribution in [3.8, 4) is 11.3 Å². The summed E-state index contributed by atoms with van der Waals surface area (Å²) in [5, 5.41) is 5.05. The van der Waals surface area contributed by atoms with Crippen molar-refractivity contribution in [1.29, 1.82) is 0 Å². The summed E-state index contributed by atoms with van der Waals surface area (Å²) in [7, 11) is 0. The average Bonchev–Trinajstić information content (AvgIpc) is 2.72. The van der Waals surface area contributed by atoms with Crippen LogP contribution in [0.5, 0.6) is 0 Å². The minimum absolute atomic E-state index is 0.283. The van der Waals surface area contributed by atoms with Crippen LogP contribution in [0.15, 0.2) is 66.7 Å². The van der Waals surface area contributed by atoms with Crippen LogP contribution in [0.1, 0.15) is 10.4 Å². The number of amides is 1. The fourth-order valence-electron chi connectivity index (χ4n) is 2.96. The smallest absolute Gasteiger partial charge is 0.256 e. The van der Waals surface area contributed by atoms with Gasteiger partial charge >= 0.3 is 0 Å². The Bertz CT molecular complexity index is 1260. The van der Waals surface area contributed by atoms with Crippen molar-refractivity contribution >= 4 is 68.9 Å². The number of hydrogen-bond acceptors (Lipinski definition) is 2. The van der Waals surface area contributed by atoms with Gasteiger partial charge in [0.2, 0.25) is 0 Å². The largest absolute Gasteiger partial charge is 0.321 e. The summed E-state index contributed by atoms with van der Waals surface area (Å²) in [4.78, 5) is 17.8. The van der Waals surface area contributed by atoms with E-state index in [1.807, 2.05) is 24.3 Å². The highest BCUT2D eigenvalue weighted by molar-refractivity contribution is 6.44. The Hall–Kier alpha value is -2.30. The van der Waals surface area contributed by atoms with Gasteiger partial charge in [0.25, 0.3) is 5.91 Å². The maximum absolute atomic E-state index is 13.1. The lowest BCUT2D eigenvalue weighted by Gasteiger charge is -2.12. The molecule has 3 nitrogen and oxygen atoms in total. The van der Waals surface area contributed by atoms with Crippen LogP contribution in [0.2, 0.25) is 20.1 Å². The first kappa shape index (κ1) is 20.0. The highest BCUT2D eigenvalue weighted by Crippen LogP contribution is 2.32. The van der Waals surface area contributed by atoms with Crippen LogP contribution < -0.4 is 5.32 Å². The Kier molecular flexibility index (Phi) is 5.66. The van der Waals surface area contributed by atoms with E-state index in [2.05, 4.69) is 10.3 Å². The van der Waals surface area contributed by atoms with Gasteiger partial charge < -0.3 is 5.32 Å². The van der Waals surface area contributed by atoms with Gasteiger partial charge in [0.15, 0.2) is 0 Å². The van der Waals surface area contributed by atoms with E-state index in [1.165, 1.54) is 0 Å². The third-order valence-electron chi connectivity index (χ3n) is 4.38. The predicted octanol–water partition coefficient (Wildman–Crippen LogP) is 7.77. The SMILES string of the molecule is O=C(Nc1cccc(Cl)c1Cl)c1cc(-c2ccc(Cl)c(Cl)c2)nc2ccccc12. The summed E-state index contributed by atoms with van der Waals surface area (Å²) >= 11 is 24.5. The van der Waals surface area contributed by atoms with Gasteiger partial charge in [0.05, 0.1) is 42.6 Å². The molecule has 0 aliphatic heterocycles. The average molecular weight is 462 g/mol. The molecule has 4 aromatic rings. The van der Waals surface area contributed by atoms with Crippen LogP contribution in [0.3, 0.4) is 0 Å². The Morgan fingerprint density at radius 2 is 1.59 bits per heavy atom. The number of fused-ring (bicyclic) bond motifs is 1. The number of benzene rings is 3. The van der Waals surface area contributed by atoms with E-state index in [9.17, 15) is 4.79 Å². The Balaban J connectivity index is 1.83. The standard InChI is InChI=1S/C22H12Cl4N2O/c23-15-9-8-12(10-17(15)25)20-11-14(13-4-1-2-6-18(13)27-20)22(29)28-19-7-3-5-16(24)21(19)26/h1-11H,(H,28,29). The van der Waals surface area contributed by atoms with Crippen molar-refractivity contribution in [2.24, 2.45) is 0 Å². The van der Waals surface area contributed by atoms with Gasteiger partial charge in [-0.15, -0.1) is 0 Å². The molecule has 0 fully saturated rings. The lowest BCUT2D eigenvalue weighted by atomic mass is 10.0. The molecule has 7 heteroatoms. The Labute approximate surface area is 187 Å². The molecule has 29 heavy (non-hydrogen) atoms. The van der Waals surface area contributed by atoms with Crippen LogP contribution in [0, 0.1) is 0 Å². The number of anilines is 1. The topological polar surface area (TPSA) is 42.0 Å². The lowest BCUT2D eigenvalue weighted by molar-refractivity contribution is 0.102. The molecule has 0 atom stereocenters. The number of carbonyl (C=O) groups is 1. The molecular formula is C22H12Cl4N2O. The maximum Gasteiger partial charge on any atom is 0.256 e. The molecule has 0 bridgehead atoms. The van der Waals surface area contributed by atoms with Gasteiger partial charge in [-0.05, 0) is 36.4 Å². The summed E-state index contributed by atoms with van der Waals surface area (Å²) in [6.45, 7) is 0. The molecule has 0 radical (unpaired) electrons. The summed E-state index contributed by atoms with van der Waals surface area (Å²) in [6.07, 6.45) is 0. The van der Waals surface area contributed by atoms with E-state index in [0.717, 1.165) is 5.56 Å². The van der Waals surface area contributed by atoms with E-state index in [-0.39, 0.29) is 10.9 Å². The molecule has 0 saturated carbocycles. The second-order valence-electron chi connectivity index (χ2n) is 6.26. The van der Waals surface area contributed by atoms with Crippen molar-refractivity contribution in [3.05, 3.63) is 92.4 Å². The zero-order chi connectivity index (χ0) is 20.5. The zero-order valence-electron chi connectivity index (χ0n) is 14.7. The van der Waals surface area contributed by atoms with E-state index in [1.54, 1.807) is 42.5 Å². The van der Waals surface area contributed by atoms with Crippen molar-refractivity contribution in [3.63, 3.8) is 0 Å². The van der Waals surface area contributed by atoms with Crippen molar-refractivity contribution < 1.29 is 4.79 Å². The van der Waals surface area contributed by atoms with Crippen LogP contribution in [-0.2, 0) is 0 Å². The summed E-state index contributed by atoms with van der Waals surface area (Å²) < 4.78 is 0. The number of nitrogens with zero attached hydrogens (tertiary/aromatic N) is 1. The van der Waals surface area contributed by atoms with Crippen LogP contribution >= 0.6 is 46.4 Å². The summed E-state index contributed by atoms with van der Waals surface area (Å²) in [5.74, 6) is -0.325. The Morgan fingerprint density at radius 1 is 0.793 bits per heavy atom. The monoisotopic (exact) mass is 460 g/mol. The number of carbonyl (C=O) groups excluding carboxylic acids is 1. The second kappa shape index (κ2) is 8.21. The number of para-hydroxylation sites is 1. The number of nitrogens with one attached hydrogen (secondary N) is 1. The second-order valence-corrected chi connectivity index (χ2v) is 7.86. The van der Waals surface area contributed by atoms with Gasteiger partial charge in [-0.25, -0.2) is 4.98 Å². The van der Waals surface area contributed by atoms with Crippen LogP contribution in [0.4, 0.5) is 5.69 Å². The van der Waals surface area contributed by atoms with Crippen molar-refractivity contribution in [1.82, 2.24) is 4.98 Å². The number of aromatic nitrogens is 1. The molecule has 4 rings (SSSR count). The third-order valence-corrected chi connectivity index (χ3v) is 5.93. The molecule has 1 amide bonds. The first-order valence-corrected chi connectivity index (χ1v) is 10.1. The molecule has 144 valence electrons. The van der Waals surface area contributed by atoms with E-state index in [0.29, 0.717) is 42.9 Å². The van der Waals surface area contributed by atoms with Crippen molar-refractivity contribution in [2.45, 2.75) is 0 Å². The maximum atomic E-state index is 13.1. The first-order chi connectivity index (χ1) is 13.9. The number of rotatable bonds is 3. The molecule has 1 heterocycles. The van der Waals surface area contributed by atoms with Gasteiger partial charge in [-0.3, -0.25) is 4.79 Å². The third kappa shape index (κ3) is 4.05. The predicted molar refractivity (Wildman–Crippen MR) is 122 cm³/mol. The highest BCUT2D eigenvalue weighted by Gasteiger charge is 2.16. The quantitative estimate of drug-likeness (QED) is 0.338. The first-order valence-electron chi connectivity index (χ1n) is 8.54. The highest BCUT2D eigenvalue weighted by atomic mass is 35.5. The molecule has 1 aromatic heterocycles. The summed E-state index contributed by atoms with van der Waals surface area (Å²) in [5.41, 5.74) is 2.91. The zero-order valence-corrected chi connectivity index (χ0v) is 17.7. The molecular weight excluding hydrogens is 450 g/mol. The number of halogens is 4.